The van der Waals surface area contributed by atoms with E-state index in [-0.39, 0.29) is 17.9 Å². The smallest absolute Gasteiger partial charge is 0.243 e. The summed E-state index contributed by atoms with van der Waals surface area (Å²) in [6.45, 7) is 2.42. The van der Waals surface area contributed by atoms with Crippen LogP contribution in [-0.2, 0) is 28.3 Å². The number of carbonyl (C=O) groups excluding carboxylic acids is 2. The number of ether oxygens (including phenoxy) is 1. The Morgan fingerprint density at radius 3 is 2.38 bits per heavy atom. The topological polar surface area (TPSA) is 58.6 Å². The van der Waals surface area contributed by atoms with E-state index >= 15 is 0 Å². The number of thioether (sulfide) groups is 1. The molecule has 0 aliphatic heterocycles. The number of hydrogen-bond acceptors (Lipinski definition) is 4. The Morgan fingerprint density at radius 2 is 1.64 bits per heavy atom. The first-order valence-electron chi connectivity index (χ1n) is 13.9. The van der Waals surface area contributed by atoms with E-state index in [1.807, 2.05) is 60.7 Å². The van der Waals surface area contributed by atoms with Crippen LogP contribution < -0.4 is 10.1 Å². The molecule has 0 spiro atoms. The second kappa shape index (κ2) is 14.8. The molecule has 1 saturated carbocycles. The second-order valence-electron chi connectivity index (χ2n) is 10.4. The summed E-state index contributed by atoms with van der Waals surface area (Å²) in [6.07, 6.45) is 5.96. The van der Waals surface area contributed by atoms with Crippen molar-refractivity contribution in [1.29, 1.82) is 0 Å². The van der Waals surface area contributed by atoms with Crippen LogP contribution >= 0.6 is 11.8 Å². The third-order valence-electron chi connectivity index (χ3n) is 7.29. The van der Waals surface area contributed by atoms with E-state index in [1.54, 1.807) is 23.8 Å². The van der Waals surface area contributed by atoms with Crippen LogP contribution in [0, 0.1) is 6.92 Å². The quantitative estimate of drug-likeness (QED) is 0.290. The standard InChI is InChI=1S/C33H40N2O3S/c1-25-11-9-15-28(19-25)23-39-24-32(36)35(22-27-14-10-18-30(20-27)38-2)31(21-26-12-5-3-6-13-26)33(37)34-29-16-7-4-8-17-29/h3,5-6,9-15,18-20,29,31H,4,7-8,16-17,21-24H2,1-2H3,(H,34,37)/t31-/m1/s1. The highest BCUT2D eigenvalue weighted by molar-refractivity contribution is 7.99. The molecule has 0 radical (unpaired) electrons. The minimum absolute atomic E-state index is 0.0322. The van der Waals surface area contributed by atoms with E-state index in [2.05, 4.69) is 30.4 Å². The SMILES string of the molecule is COc1cccc(CN(C(=O)CSCc2cccc(C)c2)[C@H](Cc2ccccc2)C(=O)NC2CCCCC2)c1. The molecule has 0 saturated heterocycles. The average molecular weight is 545 g/mol. The van der Waals surface area contributed by atoms with E-state index < -0.39 is 6.04 Å². The van der Waals surface area contributed by atoms with Gasteiger partial charge in [0.1, 0.15) is 11.8 Å². The zero-order chi connectivity index (χ0) is 27.5. The Hall–Kier alpha value is -3.25. The van der Waals surface area contributed by atoms with Crippen LogP contribution in [0.4, 0.5) is 0 Å². The van der Waals surface area contributed by atoms with Gasteiger partial charge in [-0.25, -0.2) is 0 Å². The predicted molar refractivity (Wildman–Crippen MR) is 160 cm³/mol. The van der Waals surface area contributed by atoms with Gasteiger partial charge in [-0.1, -0.05) is 91.6 Å². The molecule has 6 heteroatoms. The summed E-state index contributed by atoms with van der Waals surface area (Å²) in [5, 5.41) is 3.31. The first-order chi connectivity index (χ1) is 19.0. The van der Waals surface area contributed by atoms with Crippen molar-refractivity contribution in [3.8, 4) is 5.75 Å². The van der Waals surface area contributed by atoms with Crippen molar-refractivity contribution in [3.05, 3.63) is 101 Å². The summed E-state index contributed by atoms with van der Waals surface area (Å²) in [5.41, 5.74) is 4.39. The van der Waals surface area contributed by atoms with Gasteiger partial charge in [-0.15, -0.1) is 11.8 Å². The Bertz CT molecular complexity index is 1210. The highest BCUT2D eigenvalue weighted by atomic mass is 32.2. The lowest BCUT2D eigenvalue weighted by Crippen LogP contribution is -2.53. The molecule has 0 unspecified atom stereocenters. The summed E-state index contributed by atoms with van der Waals surface area (Å²) in [7, 11) is 1.64. The summed E-state index contributed by atoms with van der Waals surface area (Å²) in [6, 6.07) is 25.7. The largest absolute Gasteiger partial charge is 0.497 e. The molecule has 206 valence electrons. The molecule has 3 aromatic rings. The van der Waals surface area contributed by atoms with Crippen LogP contribution in [0.3, 0.4) is 0 Å². The first-order valence-corrected chi connectivity index (χ1v) is 15.1. The number of benzene rings is 3. The van der Waals surface area contributed by atoms with Gasteiger partial charge < -0.3 is 15.0 Å². The second-order valence-corrected chi connectivity index (χ2v) is 11.4. The number of nitrogens with zero attached hydrogens (tertiary/aromatic N) is 1. The van der Waals surface area contributed by atoms with Gasteiger partial charge in [-0.2, -0.15) is 0 Å². The number of aryl methyl sites for hydroxylation is 1. The van der Waals surface area contributed by atoms with Crippen molar-refractivity contribution in [2.75, 3.05) is 12.9 Å². The van der Waals surface area contributed by atoms with Crippen LogP contribution in [0.15, 0.2) is 78.9 Å². The van der Waals surface area contributed by atoms with Crippen LogP contribution in [0.1, 0.15) is 54.4 Å². The molecule has 1 fully saturated rings. The number of amides is 2. The molecule has 0 bridgehead atoms. The Balaban J connectivity index is 1.58. The Kier molecular flexibility index (Phi) is 10.9. The highest BCUT2D eigenvalue weighted by Crippen LogP contribution is 2.22. The number of nitrogens with one attached hydrogen (secondary N) is 1. The maximum Gasteiger partial charge on any atom is 0.243 e. The van der Waals surface area contributed by atoms with Gasteiger partial charge in [0.25, 0.3) is 0 Å². The maximum absolute atomic E-state index is 13.9. The lowest BCUT2D eigenvalue weighted by molar-refractivity contribution is -0.139. The zero-order valence-electron chi connectivity index (χ0n) is 23.1. The van der Waals surface area contributed by atoms with E-state index in [0.29, 0.717) is 18.7 Å². The molecule has 4 rings (SSSR count). The Morgan fingerprint density at radius 1 is 0.923 bits per heavy atom. The monoisotopic (exact) mass is 544 g/mol. The minimum atomic E-state index is -0.604. The van der Waals surface area contributed by atoms with E-state index in [4.69, 9.17) is 4.74 Å². The number of hydrogen-bond donors (Lipinski definition) is 1. The molecule has 1 aliphatic carbocycles. The van der Waals surface area contributed by atoms with Gasteiger partial charge in [-0.3, -0.25) is 9.59 Å². The summed E-state index contributed by atoms with van der Waals surface area (Å²) in [4.78, 5) is 29.5. The van der Waals surface area contributed by atoms with Crippen molar-refractivity contribution in [2.45, 2.75) is 69.8 Å². The maximum atomic E-state index is 13.9. The average Bonchev–Trinajstić information content (AvgIpc) is 2.96. The fourth-order valence-electron chi connectivity index (χ4n) is 5.21. The predicted octanol–water partition coefficient (Wildman–Crippen LogP) is 6.33. The number of rotatable bonds is 12. The van der Waals surface area contributed by atoms with Gasteiger partial charge in [-0.05, 0) is 48.6 Å². The van der Waals surface area contributed by atoms with E-state index in [0.717, 1.165) is 48.3 Å². The molecule has 0 heterocycles. The molecule has 1 aliphatic rings. The fourth-order valence-corrected chi connectivity index (χ4v) is 6.06. The van der Waals surface area contributed by atoms with Crippen molar-refractivity contribution in [1.82, 2.24) is 10.2 Å². The Labute approximate surface area is 237 Å². The third kappa shape index (κ3) is 8.89. The van der Waals surface area contributed by atoms with Crippen LogP contribution in [-0.4, -0.2) is 41.7 Å². The molecular weight excluding hydrogens is 504 g/mol. The van der Waals surface area contributed by atoms with E-state index in [9.17, 15) is 9.59 Å². The molecule has 5 nitrogen and oxygen atoms in total. The van der Waals surface area contributed by atoms with Crippen molar-refractivity contribution < 1.29 is 14.3 Å². The zero-order valence-corrected chi connectivity index (χ0v) is 23.9. The van der Waals surface area contributed by atoms with Gasteiger partial charge >= 0.3 is 0 Å². The van der Waals surface area contributed by atoms with Crippen molar-refractivity contribution in [3.63, 3.8) is 0 Å². The van der Waals surface area contributed by atoms with Crippen LogP contribution in [0.25, 0.3) is 0 Å². The van der Waals surface area contributed by atoms with Gasteiger partial charge in [0, 0.05) is 24.8 Å². The highest BCUT2D eigenvalue weighted by Gasteiger charge is 2.32. The molecule has 0 aromatic heterocycles. The normalized spacial score (nSPS) is 14.4. The fraction of sp³-hybridized carbons (Fsp3) is 0.394. The van der Waals surface area contributed by atoms with Gasteiger partial charge in [0.2, 0.25) is 11.8 Å². The van der Waals surface area contributed by atoms with Gasteiger partial charge in [0.15, 0.2) is 0 Å². The van der Waals surface area contributed by atoms with Crippen LogP contribution in [0.5, 0.6) is 5.75 Å². The first kappa shape index (κ1) is 28.8. The van der Waals surface area contributed by atoms with Crippen molar-refractivity contribution in [2.24, 2.45) is 0 Å². The molecule has 2 amide bonds. The molecule has 3 aromatic carbocycles. The molecule has 1 atom stereocenters. The summed E-state index contributed by atoms with van der Waals surface area (Å²) >= 11 is 1.59. The minimum Gasteiger partial charge on any atom is -0.497 e. The molecule has 39 heavy (non-hydrogen) atoms. The molecular formula is C33H40N2O3S. The van der Waals surface area contributed by atoms with E-state index in [1.165, 1.54) is 17.5 Å². The lowest BCUT2D eigenvalue weighted by atomic mass is 9.94. The summed E-state index contributed by atoms with van der Waals surface area (Å²) < 4.78 is 5.44. The molecule has 1 N–H and O–H groups in total. The number of methoxy groups -OCH3 is 1. The van der Waals surface area contributed by atoms with Crippen molar-refractivity contribution >= 4 is 23.6 Å². The lowest BCUT2D eigenvalue weighted by Gasteiger charge is -2.33. The van der Waals surface area contributed by atoms with Gasteiger partial charge in [0.05, 0.1) is 12.9 Å². The van der Waals surface area contributed by atoms with Crippen LogP contribution in [0.2, 0.25) is 0 Å². The third-order valence-corrected chi connectivity index (χ3v) is 8.27. The number of carbonyl (C=O) groups is 2. The summed E-state index contributed by atoms with van der Waals surface area (Å²) in [5.74, 6) is 1.69.